The zero-order chi connectivity index (χ0) is 13.3. The van der Waals surface area contributed by atoms with Gasteiger partial charge in [0.15, 0.2) is 0 Å². The number of nitrogens with zero attached hydrogens (tertiary/aromatic N) is 1. The van der Waals surface area contributed by atoms with Gasteiger partial charge in [0.25, 0.3) is 5.56 Å². The van der Waals surface area contributed by atoms with E-state index in [1.807, 2.05) is 0 Å². The Kier molecular flexibility index (Phi) is 2.98. The molecule has 1 heterocycles. The molecule has 2 aromatic rings. The lowest BCUT2D eigenvalue weighted by atomic mass is 10.2. The van der Waals surface area contributed by atoms with Gasteiger partial charge >= 0.3 is 6.18 Å². The van der Waals surface area contributed by atoms with Gasteiger partial charge < -0.3 is 9.72 Å². The van der Waals surface area contributed by atoms with E-state index in [0.717, 1.165) is 0 Å². The lowest BCUT2D eigenvalue weighted by molar-refractivity contribution is -0.142. The summed E-state index contributed by atoms with van der Waals surface area (Å²) in [6.07, 6.45) is -4.76. The first kappa shape index (κ1) is 12.4. The number of aromatic amines is 1. The minimum atomic E-state index is -4.76. The Morgan fingerprint density at radius 2 is 2.11 bits per heavy atom. The molecule has 18 heavy (non-hydrogen) atoms. The first-order valence-electron chi connectivity index (χ1n) is 5.16. The molecule has 0 unspecified atom stereocenters. The highest BCUT2D eigenvalue weighted by molar-refractivity contribution is 5.75. The highest BCUT2D eigenvalue weighted by Gasteiger charge is 2.36. The Morgan fingerprint density at radius 1 is 1.39 bits per heavy atom. The number of ether oxygens (including phenoxy) is 1. The van der Waals surface area contributed by atoms with Crippen LogP contribution in [0, 0.1) is 0 Å². The monoisotopic (exact) mass is 258 g/mol. The molecule has 1 aromatic heterocycles. The molecule has 0 spiro atoms. The summed E-state index contributed by atoms with van der Waals surface area (Å²) in [4.78, 5) is 16.7. The number of fused-ring (bicyclic) bond motifs is 1. The number of benzene rings is 1. The van der Waals surface area contributed by atoms with Gasteiger partial charge in [-0.2, -0.15) is 13.2 Å². The van der Waals surface area contributed by atoms with Gasteiger partial charge in [0, 0.05) is 6.07 Å². The molecule has 0 saturated heterocycles. The molecule has 0 aliphatic carbocycles. The molecule has 2 rings (SSSR count). The number of alkyl halides is 3. The Balaban J connectivity index is 2.61. The predicted octanol–water partition coefficient (Wildman–Crippen LogP) is 2.34. The van der Waals surface area contributed by atoms with Gasteiger partial charge in [-0.05, 0) is 19.1 Å². The van der Waals surface area contributed by atoms with Crippen molar-refractivity contribution in [3.8, 4) is 5.75 Å². The predicted molar refractivity (Wildman–Crippen MR) is 58.5 cm³/mol. The van der Waals surface area contributed by atoms with Crippen LogP contribution in [0.15, 0.2) is 23.0 Å². The summed E-state index contributed by atoms with van der Waals surface area (Å²) in [5.41, 5.74) is -2.44. The van der Waals surface area contributed by atoms with Crippen molar-refractivity contribution in [3.05, 3.63) is 34.2 Å². The minimum absolute atomic E-state index is 0.0605. The Bertz CT molecular complexity index is 634. The van der Waals surface area contributed by atoms with E-state index >= 15 is 0 Å². The third-order valence-electron chi connectivity index (χ3n) is 2.24. The summed E-state index contributed by atoms with van der Waals surface area (Å²) in [5.74, 6) is 0.460. The van der Waals surface area contributed by atoms with Crippen LogP contribution in [0.2, 0.25) is 0 Å². The molecular formula is C11H9F3N2O2. The van der Waals surface area contributed by atoms with Crippen molar-refractivity contribution >= 4 is 11.0 Å². The van der Waals surface area contributed by atoms with Crippen molar-refractivity contribution in [2.24, 2.45) is 0 Å². The number of halogens is 3. The van der Waals surface area contributed by atoms with E-state index in [1.165, 1.54) is 18.2 Å². The lowest BCUT2D eigenvalue weighted by Gasteiger charge is -2.07. The summed E-state index contributed by atoms with van der Waals surface area (Å²) in [7, 11) is 0. The largest absolute Gasteiger partial charge is 0.494 e. The molecule has 0 aliphatic rings. The summed E-state index contributed by atoms with van der Waals surface area (Å²) >= 11 is 0. The highest BCUT2D eigenvalue weighted by Crippen LogP contribution is 2.26. The van der Waals surface area contributed by atoms with Crippen LogP contribution >= 0.6 is 0 Å². The number of nitrogens with one attached hydrogen (secondary N) is 1. The van der Waals surface area contributed by atoms with E-state index in [0.29, 0.717) is 12.4 Å². The van der Waals surface area contributed by atoms with Gasteiger partial charge in [0.1, 0.15) is 5.75 Å². The molecule has 1 aromatic carbocycles. The normalized spacial score (nSPS) is 11.8. The van der Waals surface area contributed by atoms with E-state index in [9.17, 15) is 18.0 Å². The summed E-state index contributed by atoms with van der Waals surface area (Å²) in [5, 5.41) is 0. The topological polar surface area (TPSA) is 55.0 Å². The standard InChI is InChI=1S/C11H9F3N2O2/c1-2-18-6-3-4-7-8(5-6)16-10(17)9(15-7)11(12,13)14/h3-5H,2H2,1H3,(H,16,17). The van der Waals surface area contributed by atoms with Crippen LogP contribution < -0.4 is 10.3 Å². The van der Waals surface area contributed by atoms with E-state index in [4.69, 9.17) is 4.74 Å². The van der Waals surface area contributed by atoms with Crippen LogP contribution in [-0.2, 0) is 6.18 Å². The van der Waals surface area contributed by atoms with Gasteiger partial charge in [-0.1, -0.05) is 0 Å². The smallest absolute Gasteiger partial charge is 0.438 e. The van der Waals surface area contributed by atoms with Crippen molar-refractivity contribution in [2.45, 2.75) is 13.1 Å². The molecule has 0 bridgehead atoms. The van der Waals surface area contributed by atoms with Crippen molar-refractivity contribution in [1.82, 2.24) is 9.97 Å². The zero-order valence-corrected chi connectivity index (χ0v) is 9.34. The van der Waals surface area contributed by atoms with E-state index in [-0.39, 0.29) is 11.0 Å². The number of H-pyrrole nitrogens is 1. The minimum Gasteiger partial charge on any atom is -0.494 e. The number of hydrogen-bond donors (Lipinski definition) is 1. The van der Waals surface area contributed by atoms with Gasteiger partial charge in [0.05, 0.1) is 17.6 Å². The van der Waals surface area contributed by atoms with Gasteiger partial charge in [0.2, 0.25) is 5.69 Å². The fraction of sp³-hybridized carbons (Fsp3) is 0.273. The molecule has 0 amide bonds. The molecule has 0 fully saturated rings. The maximum absolute atomic E-state index is 12.5. The number of aromatic nitrogens is 2. The fourth-order valence-corrected chi connectivity index (χ4v) is 1.51. The Labute approximate surface area is 99.4 Å². The lowest BCUT2D eigenvalue weighted by Crippen LogP contribution is -2.23. The Hall–Kier alpha value is -2.05. The van der Waals surface area contributed by atoms with Crippen LogP contribution in [-0.4, -0.2) is 16.6 Å². The fourth-order valence-electron chi connectivity index (χ4n) is 1.51. The van der Waals surface area contributed by atoms with E-state index < -0.39 is 17.4 Å². The third-order valence-corrected chi connectivity index (χ3v) is 2.24. The number of hydrogen-bond acceptors (Lipinski definition) is 3. The molecule has 4 nitrogen and oxygen atoms in total. The second-order valence-electron chi connectivity index (χ2n) is 3.52. The molecule has 96 valence electrons. The second kappa shape index (κ2) is 4.32. The van der Waals surface area contributed by atoms with Crippen LogP contribution in [0.4, 0.5) is 13.2 Å². The average Bonchev–Trinajstić information content (AvgIpc) is 2.27. The zero-order valence-electron chi connectivity index (χ0n) is 9.34. The van der Waals surface area contributed by atoms with E-state index in [1.54, 1.807) is 6.92 Å². The van der Waals surface area contributed by atoms with Crippen molar-refractivity contribution < 1.29 is 17.9 Å². The quantitative estimate of drug-likeness (QED) is 0.899. The average molecular weight is 258 g/mol. The van der Waals surface area contributed by atoms with Crippen molar-refractivity contribution in [1.29, 1.82) is 0 Å². The third kappa shape index (κ3) is 2.29. The maximum Gasteiger partial charge on any atom is 0.438 e. The van der Waals surface area contributed by atoms with Crippen LogP contribution in [0.5, 0.6) is 5.75 Å². The molecule has 0 radical (unpaired) electrons. The Morgan fingerprint density at radius 3 is 2.72 bits per heavy atom. The van der Waals surface area contributed by atoms with Crippen molar-refractivity contribution in [2.75, 3.05) is 6.61 Å². The van der Waals surface area contributed by atoms with Crippen molar-refractivity contribution in [3.63, 3.8) is 0 Å². The van der Waals surface area contributed by atoms with Gasteiger partial charge in [-0.25, -0.2) is 4.98 Å². The summed E-state index contributed by atoms with van der Waals surface area (Å²) in [6, 6.07) is 4.30. The first-order chi connectivity index (χ1) is 8.41. The van der Waals surface area contributed by atoms with E-state index in [2.05, 4.69) is 9.97 Å². The van der Waals surface area contributed by atoms with Crippen LogP contribution in [0.3, 0.4) is 0 Å². The molecule has 0 atom stereocenters. The first-order valence-corrected chi connectivity index (χ1v) is 5.16. The molecule has 1 N–H and O–H groups in total. The van der Waals surface area contributed by atoms with Crippen LogP contribution in [0.1, 0.15) is 12.6 Å². The molecular weight excluding hydrogens is 249 g/mol. The SMILES string of the molecule is CCOc1ccc2nc(C(F)(F)F)c(=O)[nH]c2c1. The van der Waals surface area contributed by atoms with Crippen LogP contribution in [0.25, 0.3) is 11.0 Å². The summed E-state index contributed by atoms with van der Waals surface area (Å²) in [6.45, 7) is 2.20. The van der Waals surface area contributed by atoms with Gasteiger partial charge in [-0.15, -0.1) is 0 Å². The summed E-state index contributed by atoms with van der Waals surface area (Å²) < 4.78 is 42.6. The molecule has 0 aliphatic heterocycles. The molecule has 7 heteroatoms. The molecule has 0 saturated carbocycles. The number of rotatable bonds is 2. The second-order valence-corrected chi connectivity index (χ2v) is 3.52. The maximum atomic E-state index is 12.5. The highest BCUT2D eigenvalue weighted by atomic mass is 19.4. The van der Waals surface area contributed by atoms with Gasteiger partial charge in [-0.3, -0.25) is 4.79 Å².